The number of hydrogen-bond donors (Lipinski definition) is 1. The summed E-state index contributed by atoms with van der Waals surface area (Å²) in [6.45, 7) is 4.36. The minimum atomic E-state index is -0.149. The van der Waals surface area contributed by atoms with Gasteiger partial charge in [-0.2, -0.15) is 0 Å². The van der Waals surface area contributed by atoms with Gasteiger partial charge in [-0.15, -0.1) is 21.5 Å². The Morgan fingerprint density at radius 3 is 2.72 bits per heavy atom. The van der Waals surface area contributed by atoms with Gasteiger partial charge in [0.25, 0.3) is 0 Å². The number of hydrogen-bond acceptors (Lipinski definition) is 7. The highest BCUT2D eigenvalue weighted by Gasteiger charge is 2.10. The molecule has 0 bridgehead atoms. The quantitative estimate of drug-likeness (QED) is 0.683. The molecule has 1 aromatic carbocycles. The summed E-state index contributed by atoms with van der Waals surface area (Å²) in [4.78, 5) is 16.4. The molecule has 2 heterocycles. The highest BCUT2D eigenvalue weighted by Crippen LogP contribution is 2.18. The SMILES string of the molecule is CCc1ccc(OCc2nc(CC(=O)Nc3nnc(C)s3)cs2)cc1. The molecule has 0 spiro atoms. The number of nitrogens with zero attached hydrogens (tertiary/aromatic N) is 3. The molecular weight excluding hydrogens is 356 g/mol. The Balaban J connectivity index is 1.50. The number of rotatable bonds is 7. The van der Waals surface area contributed by atoms with Gasteiger partial charge < -0.3 is 10.1 Å². The summed E-state index contributed by atoms with van der Waals surface area (Å²) in [6.07, 6.45) is 1.22. The number of nitrogens with one attached hydrogen (secondary N) is 1. The Hall–Kier alpha value is -2.32. The molecule has 2 aromatic heterocycles. The third-order valence-electron chi connectivity index (χ3n) is 3.41. The Morgan fingerprint density at radius 1 is 1.24 bits per heavy atom. The largest absolute Gasteiger partial charge is 0.486 e. The second-order valence-corrected chi connectivity index (χ2v) is 7.49. The van der Waals surface area contributed by atoms with Gasteiger partial charge in [0, 0.05) is 5.38 Å². The number of anilines is 1. The van der Waals surface area contributed by atoms with E-state index in [0.29, 0.717) is 11.7 Å². The van der Waals surface area contributed by atoms with Gasteiger partial charge in [-0.1, -0.05) is 30.4 Å². The van der Waals surface area contributed by atoms with E-state index in [-0.39, 0.29) is 12.3 Å². The molecule has 0 aliphatic rings. The molecule has 0 aliphatic heterocycles. The molecule has 1 amide bonds. The van der Waals surface area contributed by atoms with Crippen LogP contribution >= 0.6 is 22.7 Å². The van der Waals surface area contributed by atoms with Crippen molar-refractivity contribution < 1.29 is 9.53 Å². The average molecular weight is 374 g/mol. The van der Waals surface area contributed by atoms with Gasteiger partial charge in [-0.05, 0) is 31.0 Å². The predicted molar refractivity (Wildman–Crippen MR) is 99.2 cm³/mol. The molecule has 6 nitrogen and oxygen atoms in total. The molecule has 3 rings (SSSR count). The zero-order valence-corrected chi connectivity index (χ0v) is 15.6. The number of carbonyl (C=O) groups excluding carboxylic acids is 1. The fourth-order valence-electron chi connectivity index (χ4n) is 2.14. The highest BCUT2D eigenvalue weighted by molar-refractivity contribution is 7.15. The standard InChI is InChI=1S/C17H18N4O2S2/c1-3-12-4-6-14(7-5-12)23-9-16-18-13(10-24-16)8-15(22)19-17-21-20-11(2)25-17/h4-7,10H,3,8-9H2,1-2H3,(H,19,21,22). The molecule has 0 radical (unpaired) electrons. The van der Waals surface area contributed by atoms with E-state index in [2.05, 4.69) is 39.6 Å². The van der Waals surface area contributed by atoms with Crippen LogP contribution in [-0.4, -0.2) is 21.1 Å². The zero-order chi connectivity index (χ0) is 17.6. The summed E-state index contributed by atoms with van der Waals surface area (Å²) in [7, 11) is 0. The molecule has 0 unspecified atom stereocenters. The van der Waals surface area contributed by atoms with Gasteiger partial charge >= 0.3 is 0 Å². The minimum Gasteiger partial charge on any atom is -0.486 e. The lowest BCUT2D eigenvalue weighted by molar-refractivity contribution is -0.115. The molecule has 130 valence electrons. The minimum absolute atomic E-state index is 0.149. The average Bonchev–Trinajstić information content (AvgIpc) is 3.22. The fourth-order valence-corrected chi connectivity index (χ4v) is 3.45. The van der Waals surface area contributed by atoms with E-state index in [0.717, 1.165) is 27.9 Å². The van der Waals surface area contributed by atoms with E-state index in [1.807, 2.05) is 24.4 Å². The Kier molecular flexibility index (Phi) is 5.72. The molecule has 1 N–H and O–H groups in total. The van der Waals surface area contributed by atoms with Gasteiger partial charge in [-0.25, -0.2) is 4.98 Å². The van der Waals surface area contributed by atoms with Crippen molar-refractivity contribution in [3.8, 4) is 5.75 Å². The van der Waals surface area contributed by atoms with Crippen molar-refractivity contribution in [3.63, 3.8) is 0 Å². The maximum Gasteiger partial charge on any atom is 0.232 e. The van der Waals surface area contributed by atoms with Crippen LogP contribution in [0.2, 0.25) is 0 Å². The van der Waals surface area contributed by atoms with E-state index in [9.17, 15) is 4.79 Å². The van der Waals surface area contributed by atoms with Crippen LogP contribution in [-0.2, 0) is 24.2 Å². The Bertz CT molecular complexity index is 842. The molecule has 3 aromatic rings. The number of carbonyl (C=O) groups is 1. The van der Waals surface area contributed by atoms with Crippen LogP contribution in [0.15, 0.2) is 29.6 Å². The lowest BCUT2D eigenvalue weighted by atomic mass is 10.2. The van der Waals surface area contributed by atoms with Crippen LogP contribution in [0, 0.1) is 6.92 Å². The maximum atomic E-state index is 12.0. The van der Waals surface area contributed by atoms with Crippen LogP contribution in [0.4, 0.5) is 5.13 Å². The van der Waals surface area contributed by atoms with Gasteiger partial charge in [-0.3, -0.25) is 4.79 Å². The van der Waals surface area contributed by atoms with Crippen molar-refractivity contribution in [2.24, 2.45) is 0 Å². The Morgan fingerprint density at radius 2 is 2.04 bits per heavy atom. The van der Waals surface area contributed by atoms with Crippen LogP contribution in [0.1, 0.15) is 28.2 Å². The smallest absolute Gasteiger partial charge is 0.232 e. The summed E-state index contributed by atoms with van der Waals surface area (Å²) in [5.41, 5.74) is 2.00. The van der Waals surface area contributed by atoms with Crippen molar-refractivity contribution in [1.82, 2.24) is 15.2 Å². The molecule has 8 heteroatoms. The van der Waals surface area contributed by atoms with Crippen LogP contribution in [0.3, 0.4) is 0 Å². The lowest BCUT2D eigenvalue weighted by Gasteiger charge is -2.04. The summed E-state index contributed by atoms with van der Waals surface area (Å²) in [5.74, 6) is 0.669. The third kappa shape index (κ3) is 5.07. The summed E-state index contributed by atoms with van der Waals surface area (Å²) in [5, 5.41) is 14.5. The number of aromatic nitrogens is 3. The molecule has 0 atom stereocenters. The maximum absolute atomic E-state index is 12.0. The van der Waals surface area contributed by atoms with Crippen molar-refractivity contribution in [2.75, 3.05) is 5.32 Å². The Labute approximate surface area is 153 Å². The summed E-state index contributed by atoms with van der Waals surface area (Å²) in [6, 6.07) is 8.04. The summed E-state index contributed by atoms with van der Waals surface area (Å²) < 4.78 is 5.74. The second-order valence-electron chi connectivity index (χ2n) is 5.37. The number of amides is 1. The number of benzene rings is 1. The van der Waals surface area contributed by atoms with Crippen LogP contribution < -0.4 is 10.1 Å². The summed E-state index contributed by atoms with van der Waals surface area (Å²) >= 11 is 2.84. The van der Waals surface area contributed by atoms with Gasteiger partial charge in [0.15, 0.2) is 0 Å². The second kappa shape index (κ2) is 8.17. The van der Waals surface area contributed by atoms with Gasteiger partial charge in [0.1, 0.15) is 22.4 Å². The van der Waals surface area contributed by atoms with Gasteiger partial charge in [0.2, 0.25) is 11.0 Å². The molecule has 0 aliphatic carbocycles. The molecule has 0 saturated carbocycles. The third-order valence-corrected chi connectivity index (χ3v) is 5.03. The first-order valence-corrected chi connectivity index (χ1v) is 9.57. The van der Waals surface area contributed by atoms with E-state index in [4.69, 9.17) is 4.74 Å². The monoisotopic (exact) mass is 374 g/mol. The normalized spacial score (nSPS) is 10.6. The molecule has 25 heavy (non-hydrogen) atoms. The van der Waals surface area contributed by atoms with Gasteiger partial charge in [0.05, 0.1) is 12.1 Å². The first-order chi connectivity index (χ1) is 12.1. The number of ether oxygens (including phenoxy) is 1. The zero-order valence-electron chi connectivity index (χ0n) is 14.0. The van der Waals surface area contributed by atoms with Crippen molar-refractivity contribution in [3.05, 3.63) is 50.9 Å². The van der Waals surface area contributed by atoms with E-state index >= 15 is 0 Å². The van der Waals surface area contributed by atoms with Crippen molar-refractivity contribution in [1.29, 1.82) is 0 Å². The van der Waals surface area contributed by atoms with Crippen molar-refractivity contribution in [2.45, 2.75) is 33.3 Å². The molecule has 0 saturated heterocycles. The van der Waals surface area contributed by atoms with E-state index in [1.165, 1.54) is 28.2 Å². The fraction of sp³-hybridized carbons (Fsp3) is 0.294. The highest BCUT2D eigenvalue weighted by atomic mass is 32.1. The first kappa shape index (κ1) is 17.5. The number of aryl methyl sites for hydroxylation is 2. The topological polar surface area (TPSA) is 77.0 Å². The first-order valence-electron chi connectivity index (χ1n) is 7.87. The van der Waals surface area contributed by atoms with Crippen LogP contribution in [0.5, 0.6) is 5.75 Å². The molecular formula is C17H18N4O2S2. The predicted octanol–water partition coefficient (Wildman–Crippen LogP) is 3.63. The van der Waals surface area contributed by atoms with E-state index in [1.54, 1.807) is 0 Å². The van der Waals surface area contributed by atoms with Crippen LogP contribution in [0.25, 0.3) is 0 Å². The van der Waals surface area contributed by atoms with E-state index < -0.39 is 0 Å². The molecule has 0 fully saturated rings. The lowest BCUT2D eigenvalue weighted by Crippen LogP contribution is -2.14. The van der Waals surface area contributed by atoms with Crippen molar-refractivity contribution >= 4 is 33.7 Å². The number of thiazole rings is 1.